The van der Waals surface area contributed by atoms with Crippen LogP contribution < -0.4 is 15.2 Å². The van der Waals surface area contributed by atoms with Gasteiger partial charge in [-0.25, -0.2) is 15.1 Å². The minimum atomic E-state index is -4.95. The SMILES string of the molecule is CC(COCC(=O)N(C)C1CCN(c2ncc(C(F)(F)F)cn2)CC1)Oc1cn[nH]c(=O)c1C(F)(F)F. The van der Waals surface area contributed by atoms with E-state index in [0.717, 1.165) is 18.6 Å². The van der Waals surface area contributed by atoms with Crippen LogP contribution in [-0.2, 0) is 21.9 Å². The Hall–Kier alpha value is -3.43. The molecule has 0 spiro atoms. The predicted molar refractivity (Wildman–Crippen MR) is 116 cm³/mol. The third-order valence-electron chi connectivity index (χ3n) is 5.67. The average Bonchev–Trinajstić information content (AvgIpc) is 2.82. The molecule has 2 aromatic heterocycles. The number of piperidine rings is 1. The lowest BCUT2D eigenvalue weighted by molar-refractivity contribution is -0.141. The lowest BCUT2D eigenvalue weighted by Crippen LogP contribution is -2.47. The number of amides is 1. The number of alkyl halides is 6. The van der Waals surface area contributed by atoms with Crippen LogP contribution in [0.4, 0.5) is 32.3 Å². The monoisotopic (exact) mass is 538 g/mol. The number of nitrogens with zero attached hydrogens (tertiary/aromatic N) is 5. The maximum absolute atomic E-state index is 13.1. The number of aromatic amines is 1. The second-order valence-corrected chi connectivity index (χ2v) is 8.37. The first-order valence-corrected chi connectivity index (χ1v) is 11.1. The van der Waals surface area contributed by atoms with Gasteiger partial charge < -0.3 is 19.3 Å². The van der Waals surface area contributed by atoms with Crippen molar-refractivity contribution in [2.24, 2.45) is 0 Å². The molecule has 1 amide bonds. The third kappa shape index (κ3) is 7.30. The van der Waals surface area contributed by atoms with Gasteiger partial charge in [0.25, 0.3) is 5.56 Å². The highest BCUT2D eigenvalue weighted by Crippen LogP contribution is 2.33. The fourth-order valence-electron chi connectivity index (χ4n) is 3.69. The van der Waals surface area contributed by atoms with Crippen LogP contribution in [0, 0.1) is 0 Å². The molecule has 1 atom stereocenters. The van der Waals surface area contributed by atoms with Crippen LogP contribution in [0.15, 0.2) is 23.4 Å². The number of ether oxygens (including phenoxy) is 2. The highest BCUT2D eigenvalue weighted by atomic mass is 19.4. The van der Waals surface area contributed by atoms with E-state index in [0.29, 0.717) is 25.9 Å². The number of hydrogen-bond acceptors (Lipinski definition) is 8. The van der Waals surface area contributed by atoms with Gasteiger partial charge in [-0.3, -0.25) is 9.59 Å². The van der Waals surface area contributed by atoms with Crippen molar-refractivity contribution in [1.82, 2.24) is 25.1 Å². The number of hydrogen-bond donors (Lipinski definition) is 1. The third-order valence-corrected chi connectivity index (χ3v) is 5.67. The molecule has 2 aromatic rings. The number of H-pyrrole nitrogens is 1. The van der Waals surface area contributed by atoms with Crippen LogP contribution in [-0.4, -0.2) is 76.5 Å². The molecule has 204 valence electrons. The first-order valence-electron chi connectivity index (χ1n) is 11.1. The molecule has 16 heteroatoms. The zero-order valence-corrected chi connectivity index (χ0v) is 19.8. The van der Waals surface area contributed by atoms with Gasteiger partial charge >= 0.3 is 12.4 Å². The van der Waals surface area contributed by atoms with Crippen LogP contribution in [0.5, 0.6) is 5.75 Å². The summed E-state index contributed by atoms with van der Waals surface area (Å²) in [6.45, 7) is 1.67. The number of halogens is 6. The van der Waals surface area contributed by atoms with E-state index in [9.17, 15) is 35.9 Å². The van der Waals surface area contributed by atoms with Crippen molar-refractivity contribution in [3.05, 3.63) is 40.1 Å². The molecule has 0 aliphatic carbocycles. The molecular formula is C21H24F6N6O4. The number of likely N-dealkylation sites (N-methyl/N-ethyl adjacent to an activating group) is 1. The molecule has 1 unspecified atom stereocenters. The molecule has 1 saturated heterocycles. The molecule has 1 N–H and O–H groups in total. The van der Waals surface area contributed by atoms with Gasteiger partial charge in [0.05, 0.1) is 18.4 Å². The Morgan fingerprint density at radius 1 is 1.14 bits per heavy atom. The Morgan fingerprint density at radius 2 is 1.76 bits per heavy atom. The van der Waals surface area contributed by atoms with E-state index >= 15 is 0 Å². The quantitative estimate of drug-likeness (QED) is 0.511. The van der Waals surface area contributed by atoms with E-state index in [1.165, 1.54) is 11.8 Å². The van der Waals surface area contributed by atoms with Gasteiger partial charge in [0, 0.05) is 38.6 Å². The molecule has 1 fully saturated rings. The van der Waals surface area contributed by atoms with Crippen molar-refractivity contribution in [2.45, 2.75) is 44.3 Å². The summed E-state index contributed by atoms with van der Waals surface area (Å²) in [7, 11) is 1.58. The summed E-state index contributed by atoms with van der Waals surface area (Å²) >= 11 is 0. The maximum Gasteiger partial charge on any atom is 0.425 e. The molecule has 37 heavy (non-hydrogen) atoms. The maximum atomic E-state index is 13.1. The van der Waals surface area contributed by atoms with Gasteiger partial charge in [-0.2, -0.15) is 31.4 Å². The van der Waals surface area contributed by atoms with E-state index < -0.39 is 40.9 Å². The number of aromatic nitrogens is 4. The number of carbonyl (C=O) groups excluding carboxylic acids is 1. The number of anilines is 1. The molecule has 1 aliphatic rings. The normalized spacial score (nSPS) is 15.9. The van der Waals surface area contributed by atoms with Crippen molar-refractivity contribution in [2.75, 3.05) is 38.3 Å². The Balaban J connectivity index is 1.44. The van der Waals surface area contributed by atoms with E-state index in [1.807, 2.05) is 0 Å². The van der Waals surface area contributed by atoms with E-state index in [-0.39, 0.29) is 31.1 Å². The molecule has 3 heterocycles. The minimum Gasteiger partial charge on any atom is -0.486 e. The van der Waals surface area contributed by atoms with E-state index in [4.69, 9.17) is 9.47 Å². The average molecular weight is 538 g/mol. The molecule has 3 rings (SSSR count). The zero-order chi connectivity index (χ0) is 27.4. The molecule has 0 bridgehead atoms. The lowest BCUT2D eigenvalue weighted by atomic mass is 10.0. The highest BCUT2D eigenvalue weighted by molar-refractivity contribution is 5.77. The summed E-state index contributed by atoms with van der Waals surface area (Å²) in [6.07, 6.45) is -7.17. The van der Waals surface area contributed by atoms with Crippen LogP contribution in [0.1, 0.15) is 30.9 Å². The molecule has 0 radical (unpaired) electrons. The highest BCUT2D eigenvalue weighted by Gasteiger charge is 2.38. The summed E-state index contributed by atoms with van der Waals surface area (Å²) < 4.78 is 87.8. The zero-order valence-electron chi connectivity index (χ0n) is 19.8. The number of carbonyl (C=O) groups is 1. The van der Waals surface area contributed by atoms with Crippen molar-refractivity contribution in [1.29, 1.82) is 0 Å². The molecule has 10 nitrogen and oxygen atoms in total. The second kappa shape index (κ2) is 11.3. The lowest BCUT2D eigenvalue weighted by Gasteiger charge is -2.36. The molecule has 0 saturated carbocycles. The minimum absolute atomic E-state index is 0.160. The fourth-order valence-corrected chi connectivity index (χ4v) is 3.69. The molecule has 0 aromatic carbocycles. The topological polar surface area (TPSA) is 114 Å². The summed E-state index contributed by atoms with van der Waals surface area (Å²) in [5.41, 5.74) is -3.89. The molecule has 1 aliphatic heterocycles. The van der Waals surface area contributed by atoms with Crippen molar-refractivity contribution >= 4 is 11.9 Å². The van der Waals surface area contributed by atoms with Crippen LogP contribution in [0.2, 0.25) is 0 Å². The number of nitrogens with one attached hydrogen (secondary N) is 1. The molecular weight excluding hydrogens is 514 g/mol. The smallest absolute Gasteiger partial charge is 0.425 e. The standard InChI is InChI=1S/C21H24F6N6O4/c1-12(37-15-9-30-31-18(35)17(15)21(25,26)27)10-36-11-16(34)32(2)14-3-5-33(6-4-14)19-28-7-13(8-29-19)20(22,23)24/h7-9,12,14H,3-6,10-11H2,1-2H3,(H,31,35). The van der Waals surface area contributed by atoms with Crippen molar-refractivity contribution in [3.8, 4) is 5.75 Å². The second-order valence-electron chi connectivity index (χ2n) is 8.37. The summed E-state index contributed by atoms with van der Waals surface area (Å²) in [5, 5.41) is 5.02. The van der Waals surface area contributed by atoms with Crippen LogP contribution in [0.25, 0.3) is 0 Å². The number of rotatable bonds is 8. The fraction of sp³-hybridized carbons (Fsp3) is 0.571. The summed E-state index contributed by atoms with van der Waals surface area (Å²) in [6, 6.07) is -0.160. The Labute approximate surface area is 206 Å². The Kier molecular flexibility index (Phi) is 8.60. The largest absolute Gasteiger partial charge is 0.486 e. The van der Waals surface area contributed by atoms with E-state index in [1.54, 1.807) is 17.0 Å². The van der Waals surface area contributed by atoms with Crippen LogP contribution in [0.3, 0.4) is 0 Å². The first kappa shape index (κ1) is 28.1. The van der Waals surface area contributed by atoms with Crippen molar-refractivity contribution < 1.29 is 40.6 Å². The van der Waals surface area contributed by atoms with Gasteiger partial charge in [0.15, 0.2) is 11.3 Å². The Bertz CT molecular complexity index is 1120. The van der Waals surface area contributed by atoms with E-state index in [2.05, 4.69) is 15.1 Å². The van der Waals surface area contributed by atoms with Crippen LogP contribution >= 0.6 is 0 Å². The van der Waals surface area contributed by atoms with Crippen molar-refractivity contribution in [3.63, 3.8) is 0 Å². The van der Waals surface area contributed by atoms with Gasteiger partial charge in [-0.05, 0) is 19.8 Å². The Morgan fingerprint density at radius 3 is 2.32 bits per heavy atom. The van der Waals surface area contributed by atoms with Gasteiger partial charge in [0.2, 0.25) is 11.9 Å². The van der Waals surface area contributed by atoms with Gasteiger partial charge in [0.1, 0.15) is 12.7 Å². The van der Waals surface area contributed by atoms with Gasteiger partial charge in [-0.1, -0.05) is 0 Å². The summed E-state index contributed by atoms with van der Waals surface area (Å²) in [5.74, 6) is -0.952. The predicted octanol–water partition coefficient (Wildman–Crippen LogP) is 2.51. The van der Waals surface area contributed by atoms with Gasteiger partial charge in [-0.15, -0.1) is 0 Å². The first-order chi connectivity index (χ1) is 17.3. The summed E-state index contributed by atoms with van der Waals surface area (Å²) in [4.78, 5) is 34.8.